The molecule has 1 saturated heterocycles. The average Bonchev–Trinajstić information content (AvgIpc) is 2.78. The van der Waals surface area contributed by atoms with E-state index in [-0.39, 0.29) is 31.0 Å². The smallest absolute Gasteiger partial charge is 0.352 e. The Hall–Kier alpha value is -3.36. The molecule has 0 unspecified atom stereocenters. The quantitative estimate of drug-likeness (QED) is 0.651. The van der Waals surface area contributed by atoms with E-state index in [2.05, 4.69) is 15.3 Å². The number of carbonyl (C=O) groups is 1. The highest BCUT2D eigenvalue weighted by Crippen LogP contribution is 2.36. The predicted octanol–water partition coefficient (Wildman–Crippen LogP) is 4.78. The summed E-state index contributed by atoms with van der Waals surface area (Å²) in [6, 6.07) is 11.1. The minimum absolute atomic E-state index is 0.0888. The Kier molecular flexibility index (Phi) is 5.67. The lowest BCUT2D eigenvalue weighted by Crippen LogP contribution is -2.56. The number of piperazine rings is 1. The number of fused-ring (bicyclic) bond motifs is 1. The highest BCUT2D eigenvalue weighted by molar-refractivity contribution is 5.92. The maximum absolute atomic E-state index is 13.4. The van der Waals surface area contributed by atoms with Crippen molar-refractivity contribution in [3.05, 3.63) is 60.4 Å². The average molecular weight is 429 g/mol. The first-order valence-corrected chi connectivity index (χ1v) is 10.1. The van der Waals surface area contributed by atoms with Crippen LogP contribution in [0.2, 0.25) is 0 Å². The molecular formula is C22H22F3N5O. The number of pyridine rings is 2. The number of aromatic nitrogens is 2. The van der Waals surface area contributed by atoms with E-state index in [1.54, 1.807) is 22.1 Å². The van der Waals surface area contributed by atoms with Crippen LogP contribution in [0, 0.1) is 0 Å². The summed E-state index contributed by atoms with van der Waals surface area (Å²) in [5.41, 5.74) is 0.635. The fraction of sp³-hybridized carbons (Fsp3) is 0.318. The van der Waals surface area contributed by atoms with Crippen LogP contribution in [0.1, 0.15) is 18.9 Å². The van der Waals surface area contributed by atoms with Crippen molar-refractivity contribution in [1.82, 2.24) is 14.9 Å². The number of hydrogen-bond donors (Lipinski definition) is 1. The molecule has 4 rings (SSSR count). The van der Waals surface area contributed by atoms with E-state index in [1.807, 2.05) is 31.2 Å². The Morgan fingerprint density at radius 1 is 1.13 bits per heavy atom. The Bertz CT molecular complexity index is 1090. The monoisotopic (exact) mass is 429 g/mol. The lowest BCUT2D eigenvalue weighted by Gasteiger charge is -2.42. The van der Waals surface area contributed by atoms with Gasteiger partial charge in [-0.05, 0) is 36.8 Å². The van der Waals surface area contributed by atoms with E-state index < -0.39 is 11.7 Å². The van der Waals surface area contributed by atoms with E-state index in [9.17, 15) is 18.0 Å². The summed E-state index contributed by atoms with van der Waals surface area (Å²) in [5.74, 6) is -0.0888. The summed E-state index contributed by atoms with van der Waals surface area (Å²) in [4.78, 5) is 24.5. The molecule has 1 atom stereocenters. The summed E-state index contributed by atoms with van der Waals surface area (Å²) < 4.78 is 40.2. The zero-order valence-electron chi connectivity index (χ0n) is 16.9. The number of urea groups is 1. The van der Waals surface area contributed by atoms with Crippen LogP contribution in [0.3, 0.4) is 0 Å². The van der Waals surface area contributed by atoms with Crippen molar-refractivity contribution in [2.45, 2.75) is 25.6 Å². The van der Waals surface area contributed by atoms with Crippen molar-refractivity contribution in [1.29, 1.82) is 0 Å². The fourth-order valence-electron chi connectivity index (χ4n) is 3.87. The van der Waals surface area contributed by atoms with Crippen LogP contribution >= 0.6 is 0 Å². The molecule has 1 aliphatic heterocycles. The number of benzene rings is 1. The molecule has 0 bridgehead atoms. The van der Waals surface area contributed by atoms with Gasteiger partial charge in [0.1, 0.15) is 5.82 Å². The van der Waals surface area contributed by atoms with Gasteiger partial charge in [-0.25, -0.2) is 9.78 Å². The van der Waals surface area contributed by atoms with Gasteiger partial charge in [0.25, 0.3) is 0 Å². The zero-order valence-corrected chi connectivity index (χ0v) is 16.9. The summed E-state index contributed by atoms with van der Waals surface area (Å²) in [6.07, 6.45) is -0.827. The third-order valence-electron chi connectivity index (χ3n) is 5.46. The van der Waals surface area contributed by atoms with Crippen LogP contribution < -0.4 is 10.2 Å². The summed E-state index contributed by atoms with van der Waals surface area (Å²) in [5, 5.41) is 3.86. The van der Waals surface area contributed by atoms with Crippen LogP contribution in [0.15, 0.2) is 54.9 Å². The van der Waals surface area contributed by atoms with Gasteiger partial charge in [-0.2, -0.15) is 13.2 Å². The van der Waals surface area contributed by atoms with Gasteiger partial charge in [0.15, 0.2) is 0 Å². The molecule has 0 saturated carbocycles. The van der Waals surface area contributed by atoms with E-state index in [0.29, 0.717) is 18.7 Å². The topological polar surface area (TPSA) is 61.4 Å². The third-order valence-corrected chi connectivity index (χ3v) is 5.46. The van der Waals surface area contributed by atoms with E-state index in [0.717, 1.165) is 17.0 Å². The number of carbonyl (C=O) groups excluding carboxylic acids is 1. The molecular weight excluding hydrogens is 407 g/mol. The first kappa shape index (κ1) is 20.9. The Labute approximate surface area is 177 Å². The number of nitrogens with one attached hydrogen (secondary N) is 1. The van der Waals surface area contributed by atoms with Gasteiger partial charge in [0.05, 0.1) is 17.1 Å². The summed E-state index contributed by atoms with van der Waals surface area (Å²) >= 11 is 0. The normalized spacial score (nSPS) is 17.1. The molecule has 162 valence electrons. The number of amides is 2. The van der Waals surface area contributed by atoms with Crippen molar-refractivity contribution in [3.8, 4) is 0 Å². The minimum Gasteiger partial charge on any atom is -0.352 e. The van der Waals surface area contributed by atoms with Gasteiger partial charge < -0.3 is 15.1 Å². The van der Waals surface area contributed by atoms with E-state index in [4.69, 9.17) is 0 Å². The van der Waals surface area contributed by atoms with Gasteiger partial charge in [-0.3, -0.25) is 4.98 Å². The first-order valence-electron chi connectivity index (χ1n) is 10.1. The Balaban J connectivity index is 1.49. The predicted molar refractivity (Wildman–Crippen MR) is 113 cm³/mol. The van der Waals surface area contributed by atoms with Crippen LogP contribution in [0.4, 0.5) is 29.5 Å². The van der Waals surface area contributed by atoms with Crippen LogP contribution in [-0.4, -0.2) is 46.6 Å². The molecule has 3 aromatic rings. The molecule has 0 aliphatic carbocycles. The number of anilines is 2. The summed E-state index contributed by atoms with van der Waals surface area (Å²) in [6.45, 7) is 2.76. The second-order valence-corrected chi connectivity index (χ2v) is 7.41. The largest absolute Gasteiger partial charge is 0.419 e. The van der Waals surface area contributed by atoms with Crippen molar-refractivity contribution >= 4 is 28.4 Å². The maximum atomic E-state index is 13.4. The molecule has 2 amide bonds. The number of halogens is 3. The van der Waals surface area contributed by atoms with Gasteiger partial charge in [0, 0.05) is 43.1 Å². The zero-order chi connectivity index (χ0) is 22.0. The first-order chi connectivity index (χ1) is 14.9. The molecule has 31 heavy (non-hydrogen) atoms. The number of rotatable bonds is 3. The van der Waals surface area contributed by atoms with Gasteiger partial charge >= 0.3 is 12.2 Å². The van der Waals surface area contributed by atoms with Gasteiger partial charge in [-0.15, -0.1) is 0 Å². The standard InChI is InChI=1S/C22H22F3N5O/c1-2-17-14-29(20-18(22(23,24)25)6-4-10-27-20)11-12-30(17)21(31)28-16-8-7-15-5-3-9-26-19(15)13-16/h3-10,13,17H,2,11-12,14H2,1H3,(H,28,31)/t17-/m1/s1. The van der Waals surface area contributed by atoms with Crippen molar-refractivity contribution < 1.29 is 18.0 Å². The van der Waals surface area contributed by atoms with E-state index in [1.165, 1.54) is 12.3 Å². The third kappa shape index (κ3) is 4.40. The van der Waals surface area contributed by atoms with Crippen molar-refractivity contribution in [2.75, 3.05) is 29.9 Å². The molecule has 3 heterocycles. The Morgan fingerprint density at radius 3 is 2.68 bits per heavy atom. The Morgan fingerprint density at radius 2 is 1.90 bits per heavy atom. The number of hydrogen-bond acceptors (Lipinski definition) is 4. The van der Waals surface area contributed by atoms with Crippen molar-refractivity contribution in [2.24, 2.45) is 0 Å². The molecule has 1 N–H and O–H groups in total. The molecule has 9 heteroatoms. The maximum Gasteiger partial charge on any atom is 0.419 e. The van der Waals surface area contributed by atoms with Crippen LogP contribution in [0.5, 0.6) is 0 Å². The molecule has 6 nitrogen and oxygen atoms in total. The molecule has 0 spiro atoms. The molecule has 2 aromatic heterocycles. The van der Waals surface area contributed by atoms with E-state index >= 15 is 0 Å². The molecule has 1 aliphatic rings. The number of alkyl halides is 3. The second-order valence-electron chi connectivity index (χ2n) is 7.41. The van der Waals surface area contributed by atoms with Crippen LogP contribution in [-0.2, 0) is 6.18 Å². The van der Waals surface area contributed by atoms with Crippen molar-refractivity contribution in [3.63, 3.8) is 0 Å². The number of nitrogens with zero attached hydrogens (tertiary/aromatic N) is 4. The lowest BCUT2D eigenvalue weighted by atomic mass is 10.1. The fourth-order valence-corrected chi connectivity index (χ4v) is 3.87. The van der Waals surface area contributed by atoms with Gasteiger partial charge in [0.2, 0.25) is 0 Å². The highest BCUT2D eigenvalue weighted by atomic mass is 19.4. The molecule has 0 radical (unpaired) electrons. The highest BCUT2D eigenvalue weighted by Gasteiger charge is 2.38. The van der Waals surface area contributed by atoms with Crippen LogP contribution in [0.25, 0.3) is 10.9 Å². The molecule has 1 aromatic carbocycles. The lowest BCUT2D eigenvalue weighted by molar-refractivity contribution is -0.137. The second kappa shape index (κ2) is 8.41. The molecule has 1 fully saturated rings. The van der Waals surface area contributed by atoms with Gasteiger partial charge in [-0.1, -0.05) is 19.1 Å². The summed E-state index contributed by atoms with van der Waals surface area (Å²) in [7, 11) is 0. The minimum atomic E-state index is -4.48. The SMILES string of the molecule is CC[C@@H]1CN(c2ncccc2C(F)(F)F)CCN1C(=O)Nc1ccc2cccnc2c1.